The van der Waals surface area contributed by atoms with Crippen LogP contribution in [0.25, 0.3) is 0 Å². The zero-order valence-electron chi connectivity index (χ0n) is 8.00. The van der Waals surface area contributed by atoms with Crippen molar-refractivity contribution in [3.8, 4) is 0 Å². The van der Waals surface area contributed by atoms with Gasteiger partial charge in [0.2, 0.25) is 0 Å². The molecule has 2 rings (SSSR count). The zero-order valence-corrected chi connectivity index (χ0v) is 8.00. The molecule has 1 saturated heterocycles. The Morgan fingerprint density at radius 3 is 3.00 bits per heavy atom. The lowest BCUT2D eigenvalue weighted by Crippen LogP contribution is -2.27. The summed E-state index contributed by atoms with van der Waals surface area (Å²) in [6.07, 6.45) is 2.39. The van der Waals surface area contributed by atoms with Gasteiger partial charge < -0.3 is 14.9 Å². The Balaban J connectivity index is 2.13. The third-order valence-electron chi connectivity index (χ3n) is 2.48. The number of rotatable bonds is 2. The summed E-state index contributed by atoms with van der Waals surface area (Å²) in [4.78, 5) is 0. The number of aromatic nitrogens is 2. The summed E-state index contributed by atoms with van der Waals surface area (Å²) >= 11 is 0. The fourth-order valence-electron chi connectivity index (χ4n) is 1.62. The van der Waals surface area contributed by atoms with E-state index >= 15 is 0 Å². The maximum Gasteiger partial charge on any atom is 0.176 e. The monoisotopic (exact) mass is 198 g/mol. The van der Waals surface area contributed by atoms with Crippen molar-refractivity contribution in [1.29, 1.82) is 0 Å². The molecule has 1 aromatic rings. The quantitative estimate of drug-likeness (QED) is 0.684. The van der Waals surface area contributed by atoms with Crippen molar-refractivity contribution in [2.24, 2.45) is 5.92 Å². The van der Waals surface area contributed by atoms with Crippen molar-refractivity contribution in [2.45, 2.75) is 19.3 Å². The highest BCUT2D eigenvalue weighted by molar-refractivity contribution is 5.01. The summed E-state index contributed by atoms with van der Waals surface area (Å²) in [7, 11) is 0. The minimum atomic E-state index is -0.681. The molecular weight excluding hydrogens is 184 g/mol. The number of aliphatic hydroxyl groups excluding tert-OH is 2. The number of hydrogen-bond acceptors (Lipinski definition) is 4. The molecule has 1 aromatic heterocycles. The summed E-state index contributed by atoms with van der Waals surface area (Å²) in [6, 6.07) is 0. The second kappa shape index (κ2) is 3.68. The van der Waals surface area contributed by atoms with Crippen molar-refractivity contribution >= 4 is 0 Å². The average molecular weight is 198 g/mol. The van der Waals surface area contributed by atoms with E-state index in [9.17, 15) is 5.11 Å². The first-order valence-electron chi connectivity index (χ1n) is 4.63. The summed E-state index contributed by atoms with van der Waals surface area (Å²) in [5.41, 5.74) is 1.02. The summed E-state index contributed by atoms with van der Waals surface area (Å²) < 4.78 is 6.95. The molecule has 0 bridgehead atoms. The molecule has 5 nitrogen and oxygen atoms in total. The Morgan fingerprint density at radius 1 is 1.71 bits per heavy atom. The lowest BCUT2D eigenvalue weighted by molar-refractivity contribution is -0.0210. The molecule has 3 atom stereocenters. The third-order valence-corrected chi connectivity index (χ3v) is 2.48. The molecule has 2 N–H and O–H groups in total. The van der Waals surface area contributed by atoms with Crippen molar-refractivity contribution in [2.75, 3.05) is 13.2 Å². The summed E-state index contributed by atoms with van der Waals surface area (Å²) in [6.45, 7) is 2.24. The highest BCUT2D eigenvalue weighted by Gasteiger charge is 2.36. The van der Waals surface area contributed by atoms with Crippen LogP contribution in [-0.4, -0.2) is 39.3 Å². The lowest BCUT2D eigenvalue weighted by Gasteiger charge is -2.16. The average Bonchev–Trinajstić information content (AvgIpc) is 2.72. The highest BCUT2D eigenvalue weighted by Crippen LogP contribution is 2.27. The van der Waals surface area contributed by atoms with Crippen LogP contribution in [0.15, 0.2) is 12.4 Å². The summed E-state index contributed by atoms with van der Waals surface area (Å²) in [5, 5.41) is 22.8. The number of nitrogens with zero attached hydrogens (tertiary/aromatic N) is 2. The van der Waals surface area contributed by atoms with Crippen LogP contribution in [0.4, 0.5) is 0 Å². The van der Waals surface area contributed by atoms with Crippen molar-refractivity contribution in [1.82, 2.24) is 9.78 Å². The predicted octanol–water partition coefficient (Wildman–Crippen LogP) is -0.310. The van der Waals surface area contributed by atoms with Crippen molar-refractivity contribution < 1.29 is 14.9 Å². The van der Waals surface area contributed by atoms with Crippen LogP contribution in [0.3, 0.4) is 0 Å². The first-order valence-corrected chi connectivity index (χ1v) is 4.63. The van der Waals surface area contributed by atoms with Gasteiger partial charge in [-0.05, 0) is 12.5 Å². The molecular formula is C9H14N2O3. The topological polar surface area (TPSA) is 67.5 Å². The fourth-order valence-corrected chi connectivity index (χ4v) is 1.62. The Hall–Kier alpha value is -0.910. The minimum absolute atomic E-state index is 0.0576. The molecule has 14 heavy (non-hydrogen) atoms. The molecule has 1 fully saturated rings. The van der Waals surface area contributed by atoms with Gasteiger partial charge in [0.25, 0.3) is 0 Å². The molecule has 5 heteroatoms. The Morgan fingerprint density at radius 2 is 2.50 bits per heavy atom. The lowest BCUT2D eigenvalue weighted by atomic mass is 10.1. The first-order chi connectivity index (χ1) is 6.72. The Bertz CT molecular complexity index is 313. The molecule has 78 valence electrons. The molecule has 0 aliphatic carbocycles. The molecule has 0 spiro atoms. The van der Waals surface area contributed by atoms with E-state index in [1.165, 1.54) is 0 Å². The number of hydrogen-bond donors (Lipinski definition) is 2. The molecule has 0 aromatic carbocycles. The van der Waals surface area contributed by atoms with Crippen LogP contribution in [-0.2, 0) is 4.74 Å². The minimum Gasteiger partial charge on any atom is -0.396 e. The van der Waals surface area contributed by atoms with Gasteiger partial charge >= 0.3 is 0 Å². The van der Waals surface area contributed by atoms with E-state index in [1.807, 2.05) is 13.1 Å². The second-order valence-corrected chi connectivity index (χ2v) is 3.65. The van der Waals surface area contributed by atoms with Gasteiger partial charge in [0.15, 0.2) is 6.23 Å². The maximum absolute atomic E-state index is 9.77. The van der Waals surface area contributed by atoms with Crippen LogP contribution in [0.5, 0.6) is 0 Å². The van der Waals surface area contributed by atoms with Gasteiger partial charge in [0, 0.05) is 12.1 Å². The SMILES string of the molecule is Cc1cnn([C@@H]2OC[C@H](CO)[C@H]2O)c1. The first kappa shape index (κ1) is 9.64. The van der Waals surface area contributed by atoms with Crippen molar-refractivity contribution in [3.05, 3.63) is 18.0 Å². The normalized spacial score (nSPS) is 32.4. The number of aliphatic hydroxyl groups is 2. The fraction of sp³-hybridized carbons (Fsp3) is 0.667. The molecule has 1 aliphatic heterocycles. The molecule has 0 radical (unpaired) electrons. The largest absolute Gasteiger partial charge is 0.396 e. The van der Waals surface area contributed by atoms with Gasteiger partial charge in [0.05, 0.1) is 19.4 Å². The molecule has 0 saturated carbocycles. The predicted molar refractivity (Wildman–Crippen MR) is 48.5 cm³/mol. The number of ether oxygens (including phenoxy) is 1. The Kier molecular flexibility index (Phi) is 2.54. The van der Waals surface area contributed by atoms with Gasteiger partial charge in [-0.3, -0.25) is 0 Å². The standard InChI is InChI=1S/C9H14N2O3/c1-6-2-10-11(3-6)9-8(13)7(4-12)5-14-9/h2-3,7-9,12-13H,4-5H2,1H3/t7-,8+,9+/m0/s1. The molecule has 0 unspecified atom stereocenters. The zero-order chi connectivity index (χ0) is 10.1. The van der Waals surface area contributed by atoms with E-state index in [-0.39, 0.29) is 12.5 Å². The van der Waals surface area contributed by atoms with E-state index in [0.717, 1.165) is 5.56 Å². The van der Waals surface area contributed by atoms with Crippen LogP contribution in [0.2, 0.25) is 0 Å². The Labute approximate surface area is 81.9 Å². The smallest absolute Gasteiger partial charge is 0.176 e. The van der Waals surface area contributed by atoms with Crippen LogP contribution in [0, 0.1) is 12.8 Å². The molecule has 1 aliphatic rings. The van der Waals surface area contributed by atoms with E-state index in [0.29, 0.717) is 6.61 Å². The van der Waals surface area contributed by atoms with Crippen LogP contribution in [0.1, 0.15) is 11.8 Å². The van der Waals surface area contributed by atoms with Gasteiger partial charge in [-0.25, -0.2) is 4.68 Å². The van der Waals surface area contributed by atoms with E-state index in [4.69, 9.17) is 9.84 Å². The van der Waals surface area contributed by atoms with Crippen LogP contribution >= 0.6 is 0 Å². The van der Waals surface area contributed by atoms with Crippen LogP contribution < -0.4 is 0 Å². The van der Waals surface area contributed by atoms with Gasteiger partial charge in [-0.15, -0.1) is 0 Å². The van der Waals surface area contributed by atoms with Gasteiger partial charge in [-0.1, -0.05) is 0 Å². The molecule has 0 amide bonds. The van der Waals surface area contributed by atoms with E-state index < -0.39 is 12.3 Å². The van der Waals surface area contributed by atoms with Gasteiger partial charge in [-0.2, -0.15) is 5.10 Å². The van der Waals surface area contributed by atoms with E-state index in [2.05, 4.69) is 5.10 Å². The third kappa shape index (κ3) is 1.54. The molecule has 2 heterocycles. The van der Waals surface area contributed by atoms with Crippen molar-refractivity contribution in [3.63, 3.8) is 0 Å². The maximum atomic E-state index is 9.77. The summed E-state index contributed by atoms with van der Waals surface area (Å²) in [5.74, 6) is -0.204. The highest BCUT2D eigenvalue weighted by atomic mass is 16.5. The van der Waals surface area contributed by atoms with Gasteiger partial charge in [0.1, 0.15) is 6.10 Å². The van der Waals surface area contributed by atoms with E-state index in [1.54, 1.807) is 10.9 Å². The number of aryl methyl sites for hydroxylation is 1. The second-order valence-electron chi connectivity index (χ2n) is 3.65.